The van der Waals surface area contributed by atoms with Crippen LogP contribution in [0.15, 0.2) is 209 Å². The maximum absolute atomic E-state index is 6.81. The van der Waals surface area contributed by atoms with E-state index >= 15 is 0 Å². The number of rotatable bonds is 6. The molecule has 2 heterocycles. The van der Waals surface area contributed by atoms with Gasteiger partial charge >= 0.3 is 0 Å². The molecule has 0 unspecified atom stereocenters. The van der Waals surface area contributed by atoms with E-state index in [2.05, 4.69) is 193 Å². The lowest BCUT2D eigenvalue weighted by atomic mass is 9.95. The highest BCUT2D eigenvalue weighted by Crippen LogP contribution is 2.47. The summed E-state index contributed by atoms with van der Waals surface area (Å²) in [6.07, 6.45) is 0. The average Bonchev–Trinajstić information content (AvgIpc) is 3.83. The van der Waals surface area contributed by atoms with Gasteiger partial charge in [-0.3, -0.25) is 0 Å². The molecule has 55 heavy (non-hydrogen) atoms. The molecular formula is C52H33NO2. The van der Waals surface area contributed by atoms with E-state index in [1.54, 1.807) is 0 Å². The molecule has 0 N–H and O–H groups in total. The van der Waals surface area contributed by atoms with Crippen molar-refractivity contribution in [2.75, 3.05) is 4.90 Å². The minimum Gasteiger partial charge on any atom is -0.456 e. The molecule has 0 fully saturated rings. The Balaban J connectivity index is 1.13. The summed E-state index contributed by atoms with van der Waals surface area (Å²) in [7, 11) is 0. The monoisotopic (exact) mass is 703 g/mol. The lowest BCUT2D eigenvalue weighted by molar-refractivity contribution is 0.669. The van der Waals surface area contributed by atoms with Crippen molar-refractivity contribution in [2.24, 2.45) is 0 Å². The maximum Gasteiger partial charge on any atom is 0.143 e. The second-order valence-corrected chi connectivity index (χ2v) is 14.1. The second kappa shape index (κ2) is 12.6. The Hall–Kier alpha value is -7.36. The van der Waals surface area contributed by atoms with Gasteiger partial charge in [0.2, 0.25) is 0 Å². The van der Waals surface area contributed by atoms with Crippen LogP contribution in [0.5, 0.6) is 0 Å². The van der Waals surface area contributed by atoms with Gasteiger partial charge in [0.25, 0.3) is 0 Å². The molecule has 0 aliphatic heterocycles. The van der Waals surface area contributed by atoms with Gasteiger partial charge in [-0.2, -0.15) is 0 Å². The molecule has 3 nitrogen and oxygen atoms in total. The Morgan fingerprint density at radius 3 is 1.67 bits per heavy atom. The first-order chi connectivity index (χ1) is 27.3. The zero-order chi connectivity index (χ0) is 36.3. The molecule has 0 saturated heterocycles. The van der Waals surface area contributed by atoms with Crippen LogP contribution in [0.3, 0.4) is 0 Å². The highest BCUT2D eigenvalue weighted by atomic mass is 16.3. The number of para-hydroxylation sites is 1. The van der Waals surface area contributed by atoms with E-state index < -0.39 is 0 Å². The van der Waals surface area contributed by atoms with Gasteiger partial charge in [-0.25, -0.2) is 0 Å². The molecule has 0 amide bonds. The molecule has 0 aliphatic rings. The fourth-order valence-corrected chi connectivity index (χ4v) is 8.27. The van der Waals surface area contributed by atoms with E-state index in [4.69, 9.17) is 8.83 Å². The molecule has 0 radical (unpaired) electrons. The molecule has 3 heteroatoms. The minimum absolute atomic E-state index is 0.840. The van der Waals surface area contributed by atoms with Gasteiger partial charge in [-0.15, -0.1) is 0 Å². The smallest absolute Gasteiger partial charge is 0.143 e. The van der Waals surface area contributed by atoms with Gasteiger partial charge in [-0.1, -0.05) is 140 Å². The molecule has 0 saturated carbocycles. The summed E-state index contributed by atoms with van der Waals surface area (Å²) in [6, 6.07) is 70.9. The second-order valence-electron chi connectivity index (χ2n) is 14.1. The van der Waals surface area contributed by atoms with Crippen molar-refractivity contribution in [1.82, 2.24) is 0 Å². The van der Waals surface area contributed by atoms with E-state index in [-0.39, 0.29) is 0 Å². The van der Waals surface area contributed by atoms with Crippen LogP contribution in [0.4, 0.5) is 17.1 Å². The normalized spacial score (nSPS) is 11.6. The van der Waals surface area contributed by atoms with Crippen LogP contribution in [0, 0.1) is 0 Å². The number of benzene rings is 9. The van der Waals surface area contributed by atoms with Crippen molar-refractivity contribution in [3.63, 3.8) is 0 Å². The van der Waals surface area contributed by atoms with E-state index in [0.29, 0.717) is 0 Å². The van der Waals surface area contributed by atoms with Crippen LogP contribution in [0.25, 0.3) is 88.0 Å². The predicted molar refractivity (Wildman–Crippen MR) is 229 cm³/mol. The van der Waals surface area contributed by atoms with Crippen molar-refractivity contribution < 1.29 is 8.83 Å². The molecule has 2 aromatic heterocycles. The molecule has 258 valence electrons. The summed E-state index contributed by atoms with van der Waals surface area (Å²) in [5, 5.41) is 6.61. The fourth-order valence-electron chi connectivity index (χ4n) is 8.27. The Morgan fingerprint density at radius 2 is 0.891 bits per heavy atom. The Bertz CT molecular complexity index is 3190. The number of anilines is 3. The Morgan fingerprint density at radius 1 is 0.309 bits per heavy atom. The number of fused-ring (bicyclic) bond motifs is 8. The highest BCUT2D eigenvalue weighted by molar-refractivity contribution is 6.22. The SMILES string of the molecule is c1ccc(-c2cccc(-c3ccc(N(c4ccc5c(c4)oc4ccccc45)c4cccc5oc6c7ccccc7c(-c7ccccc7)cc6c45)cc3)c2)cc1. The van der Waals surface area contributed by atoms with Crippen LogP contribution in [0.2, 0.25) is 0 Å². The van der Waals surface area contributed by atoms with Crippen molar-refractivity contribution in [3.05, 3.63) is 200 Å². The molecule has 11 rings (SSSR count). The van der Waals surface area contributed by atoms with Gasteiger partial charge in [0.1, 0.15) is 22.3 Å². The van der Waals surface area contributed by atoms with Crippen LogP contribution in [0.1, 0.15) is 0 Å². The first-order valence-electron chi connectivity index (χ1n) is 18.7. The fraction of sp³-hybridized carbons (Fsp3) is 0. The zero-order valence-corrected chi connectivity index (χ0v) is 29.8. The van der Waals surface area contributed by atoms with Crippen LogP contribution in [-0.4, -0.2) is 0 Å². The van der Waals surface area contributed by atoms with E-state index in [0.717, 1.165) is 71.9 Å². The maximum atomic E-state index is 6.81. The van der Waals surface area contributed by atoms with Crippen molar-refractivity contribution >= 4 is 71.7 Å². The summed E-state index contributed by atoms with van der Waals surface area (Å²) in [6.45, 7) is 0. The third-order valence-corrected chi connectivity index (χ3v) is 10.9. The van der Waals surface area contributed by atoms with Crippen molar-refractivity contribution in [2.45, 2.75) is 0 Å². The van der Waals surface area contributed by atoms with Crippen LogP contribution >= 0.6 is 0 Å². The summed E-state index contributed by atoms with van der Waals surface area (Å²) >= 11 is 0. The van der Waals surface area contributed by atoms with Gasteiger partial charge in [0.15, 0.2) is 0 Å². The van der Waals surface area contributed by atoms with E-state index in [9.17, 15) is 0 Å². The molecular weight excluding hydrogens is 671 g/mol. The Kier molecular flexibility index (Phi) is 7.17. The summed E-state index contributed by atoms with van der Waals surface area (Å²) in [5.74, 6) is 0. The lowest BCUT2D eigenvalue weighted by Crippen LogP contribution is -2.10. The van der Waals surface area contributed by atoms with Gasteiger partial charge in [-0.05, 0) is 93.4 Å². The van der Waals surface area contributed by atoms with Crippen molar-refractivity contribution in [1.29, 1.82) is 0 Å². The van der Waals surface area contributed by atoms with Crippen molar-refractivity contribution in [3.8, 4) is 33.4 Å². The quantitative estimate of drug-likeness (QED) is 0.173. The lowest BCUT2D eigenvalue weighted by Gasteiger charge is -2.26. The Labute approximate surface area is 317 Å². The largest absolute Gasteiger partial charge is 0.456 e. The van der Waals surface area contributed by atoms with E-state index in [1.165, 1.54) is 33.2 Å². The van der Waals surface area contributed by atoms with Gasteiger partial charge in [0, 0.05) is 39.0 Å². The molecule has 0 spiro atoms. The molecule has 0 aliphatic carbocycles. The zero-order valence-electron chi connectivity index (χ0n) is 29.8. The molecule has 9 aromatic carbocycles. The molecule has 0 bridgehead atoms. The number of hydrogen-bond acceptors (Lipinski definition) is 3. The first-order valence-corrected chi connectivity index (χ1v) is 18.7. The summed E-state index contributed by atoms with van der Waals surface area (Å²) in [4.78, 5) is 2.34. The summed E-state index contributed by atoms with van der Waals surface area (Å²) in [5.41, 5.74) is 13.6. The standard InChI is InChI=1S/C52H33NO2/c1-3-13-34(14-4-1)37-17-11-18-38(31-37)35-25-27-39(28-26-35)53(40-29-30-43-42-20-9-10-23-48(42)54-50(43)32-40)47-22-12-24-49-51(47)46-33-45(36-15-5-2-6-16-36)41-19-7-8-21-44(41)52(46)55-49/h1-33H. The number of furan rings is 2. The van der Waals surface area contributed by atoms with Crippen LogP contribution < -0.4 is 4.90 Å². The summed E-state index contributed by atoms with van der Waals surface area (Å²) < 4.78 is 13.3. The van der Waals surface area contributed by atoms with Crippen LogP contribution in [-0.2, 0) is 0 Å². The van der Waals surface area contributed by atoms with Gasteiger partial charge < -0.3 is 13.7 Å². The molecule has 0 atom stereocenters. The molecule has 11 aromatic rings. The van der Waals surface area contributed by atoms with E-state index in [1.807, 2.05) is 12.1 Å². The minimum atomic E-state index is 0.840. The third kappa shape index (κ3) is 5.20. The first kappa shape index (κ1) is 31.2. The number of hydrogen-bond donors (Lipinski definition) is 0. The average molecular weight is 704 g/mol. The number of nitrogens with zero attached hydrogens (tertiary/aromatic N) is 1. The third-order valence-electron chi connectivity index (χ3n) is 10.9. The van der Waals surface area contributed by atoms with Gasteiger partial charge in [0.05, 0.1) is 11.1 Å². The highest BCUT2D eigenvalue weighted by Gasteiger charge is 2.23. The predicted octanol–water partition coefficient (Wildman–Crippen LogP) is 15.1. The topological polar surface area (TPSA) is 29.5 Å².